The van der Waals surface area contributed by atoms with E-state index in [1.165, 1.54) is 0 Å². The lowest BCUT2D eigenvalue weighted by Gasteiger charge is -2.01. The van der Waals surface area contributed by atoms with E-state index in [0.29, 0.717) is 5.56 Å². The maximum absolute atomic E-state index is 8.06. The van der Waals surface area contributed by atoms with Crippen LogP contribution in [0.2, 0.25) is 0 Å². The van der Waals surface area contributed by atoms with E-state index in [4.69, 9.17) is 11.3 Å². The van der Waals surface area contributed by atoms with Crippen LogP contribution in [0.3, 0.4) is 0 Å². The van der Waals surface area contributed by atoms with Crippen molar-refractivity contribution in [3.8, 4) is 0 Å². The average molecular weight is 263 g/mol. The van der Waals surface area contributed by atoms with E-state index in [9.17, 15) is 0 Å². The van der Waals surface area contributed by atoms with Crippen LogP contribution in [0.25, 0.3) is 21.9 Å². The number of furan rings is 1. The highest BCUT2D eigenvalue weighted by atomic mass is 16.3. The van der Waals surface area contributed by atoms with Crippen molar-refractivity contribution in [2.24, 2.45) is 0 Å². The second kappa shape index (κ2) is 4.53. The molecule has 0 radical (unpaired) electrons. The van der Waals surface area contributed by atoms with Gasteiger partial charge in [-0.25, -0.2) is 0 Å². The first kappa shape index (κ1) is 7.30. The molecule has 20 heavy (non-hydrogen) atoms. The third kappa shape index (κ3) is 1.88. The zero-order valence-corrected chi connectivity index (χ0v) is 10.7. The molecular weight excluding hydrogens is 244 g/mol. The first-order valence-electron chi connectivity index (χ1n) is 8.93. The Morgan fingerprint density at radius 2 is 1.60 bits per heavy atom. The van der Waals surface area contributed by atoms with E-state index in [2.05, 4.69) is 0 Å². The van der Waals surface area contributed by atoms with Crippen LogP contribution in [0.4, 0.5) is 0 Å². The molecule has 1 aromatic heterocycles. The molecule has 0 bridgehead atoms. The number of hydrogen-bond donors (Lipinski definition) is 0. The van der Waals surface area contributed by atoms with Crippen molar-refractivity contribution in [3.05, 3.63) is 83.8 Å². The summed E-state index contributed by atoms with van der Waals surface area (Å²) in [5.41, 5.74) is 2.75. The Balaban J connectivity index is 1.85. The minimum absolute atomic E-state index is 0.150. The average Bonchev–Trinajstić information content (AvgIpc) is 3.00. The molecule has 4 rings (SSSR count). The quantitative estimate of drug-likeness (QED) is 0.486. The third-order valence-corrected chi connectivity index (χ3v) is 3.37. The lowest BCUT2D eigenvalue weighted by Crippen LogP contribution is -1.86. The van der Waals surface area contributed by atoms with Crippen LogP contribution < -0.4 is 0 Å². The second-order valence-electron chi connectivity index (χ2n) is 4.71. The maximum atomic E-state index is 8.06. The first-order chi connectivity index (χ1) is 12.0. The van der Waals surface area contributed by atoms with Gasteiger partial charge in [0.2, 0.25) is 0 Å². The molecule has 0 atom stereocenters. The van der Waals surface area contributed by atoms with Crippen LogP contribution >= 0.6 is 0 Å². The zero-order valence-electron chi connectivity index (χ0n) is 15.7. The smallest absolute Gasteiger partial charge is 0.135 e. The van der Waals surface area contributed by atoms with E-state index in [1.807, 2.05) is 42.5 Å². The van der Waals surface area contributed by atoms with Crippen LogP contribution in [-0.4, -0.2) is 0 Å². The predicted octanol–water partition coefficient (Wildman–Crippen LogP) is 5.18. The van der Waals surface area contributed by atoms with E-state index in [1.54, 1.807) is 0 Å². The van der Waals surface area contributed by atoms with E-state index < -0.39 is 0 Å². The first-order valence-corrected chi connectivity index (χ1v) is 6.43. The Morgan fingerprint density at radius 3 is 2.50 bits per heavy atom. The summed E-state index contributed by atoms with van der Waals surface area (Å²) in [5.74, 6) is 0. The van der Waals surface area contributed by atoms with Crippen molar-refractivity contribution in [3.63, 3.8) is 0 Å². The van der Waals surface area contributed by atoms with Crippen molar-refractivity contribution < 1.29 is 11.3 Å². The summed E-state index contributed by atoms with van der Waals surface area (Å²) in [6, 6.07) is 12.2. The van der Waals surface area contributed by atoms with Crippen molar-refractivity contribution in [1.82, 2.24) is 0 Å². The molecule has 0 aliphatic rings. The third-order valence-electron chi connectivity index (χ3n) is 3.37. The van der Waals surface area contributed by atoms with Gasteiger partial charge in [0.25, 0.3) is 0 Å². The molecule has 96 valence electrons. The number of benzene rings is 3. The van der Waals surface area contributed by atoms with Crippen molar-refractivity contribution in [2.75, 3.05) is 0 Å². The van der Waals surface area contributed by atoms with Gasteiger partial charge in [-0.05, 0) is 35.7 Å². The van der Waals surface area contributed by atoms with Gasteiger partial charge in [-0.2, -0.15) is 0 Å². The van der Waals surface area contributed by atoms with Gasteiger partial charge in [-0.1, -0.05) is 54.5 Å². The van der Waals surface area contributed by atoms with Gasteiger partial charge in [-0.15, -0.1) is 0 Å². The van der Waals surface area contributed by atoms with Gasteiger partial charge >= 0.3 is 0 Å². The van der Waals surface area contributed by atoms with Crippen molar-refractivity contribution in [1.29, 1.82) is 0 Å². The molecule has 1 nitrogen and oxygen atoms in total. The molecule has 4 aromatic rings. The minimum atomic E-state index is -0.366. The van der Waals surface area contributed by atoms with E-state index in [-0.39, 0.29) is 36.6 Å². The van der Waals surface area contributed by atoms with Gasteiger partial charge in [0.05, 0.1) is 6.85 Å². The topological polar surface area (TPSA) is 13.1 Å². The fourth-order valence-corrected chi connectivity index (χ4v) is 2.45. The molecule has 0 amide bonds. The van der Waals surface area contributed by atoms with Gasteiger partial charge in [-0.3, -0.25) is 0 Å². The fraction of sp³-hybridized carbons (Fsp3) is 0.0526. The van der Waals surface area contributed by atoms with E-state index >= 15 is 0 Å². The van der Waals surface area contributed by atoms with E-state index in [0.717, 1.165) is 27.5 Å². The standard InChI is InChI=1S/C19H14O/c1-2-6-14(7-3-1)12-15-10-11-19-17(13-15)16-8-4-5-9-18(16)20-19/h1-11,13H,12H2/i1D,2D,3D,6D,7D. The van der Waals surface area contributed by atoms with Crippen LogP contribution in [0.1, 0.15) is 18.0 Å². The minimum Gasteiger partial charge on any atom is -0.456 e. The molecular formula is C19H14O. The maximum Gasteiger partial charge on any atom is 0.135 e. The Kier molecular flexibility index (Phi) is 1.65. The van der Waals surface area contributed by atoms with Crippen LogP contribution in [-0.2, 0) is 6.42 Å². The lowest BCUT2D eigenvalue weighted by atomic mass is 10.0. The molecule has 0 unspecified atom stereocenters. The highest BCUT2D eigenvalue weighted by Gasteiger charge is 2.06. The molecule has 1 heteroatoms. The molecule has 0 spiro atoms. The SMILES string of the molecule is [2H]c1c([2H])c([2H])c(Cc2ccc3oc4ccccc4c3c2)c([2H])c1[2H]. The van der Waals surface area contributed by atoms with Crippen molar-refractivity contribution >= 4 is 21.9 Å². The fourth-order valence-electron chi connectivity index (χ4n) is 2.45. The van der Waals surface area contributed by atoms with Gasteiger partial charge < -0.3 is 4.42 Å². The Hall–Kier alpha value is -2.54. The highest BCUT2D eigenvalue weighted by molar-refractivity contribution is 6.04. The summed E-state index contributed by atoms with van der Waals surface area (Å²) < 4.78 is 45.2. The second-order valence-corrected chi connectivity index (χ2v) is 4.71. The van der Waals surface area contributed by atoms with Gasteiger partial charge in [0.15, 0.2) is 0 Å². The molecule has 0 N–H and O–H groups in total. The molecule has 0 fully saturated rings. The molecule has 3 aromatic carbocycles. The highest BCUT2D eigenvalue weighted by Crippen LogP contribution is 2.29. The Bertz CT molecular complexity index is 1100. The largest absolute Gasteiger partial charge is 0.456 e. The molecule has 0 aliphatic carbocycles. The Morgan fingerprint density at radius 1 is 0.800 bits per heavy atom. The number of para-hydroxylation sites is 1. The summed E-state index contributed by atoms with van der Waals surface area (Å²) in [5, 5.41) is 1.96. The van der Waals surface area contributed by atoms with Crippen molar-refractivity contribution in [2.45, 2.75) is 6.42 Å². The summed E-state index contributed by atoms with van der Waals surface area (Å²) >= 11 is 0. The summed E-state index contributed by atoms with van der Waals surface area (Å²) in [6.07, 6.45) is 0.269. The zero-order chi connectivity index (χ0) is 17.7. The number of fused-ring (bicyclic) bond motifs is 3. The van der Waals surface area contributed by atoms with Gasteiger partial charge in [0, 0.05) is 10.8 Å². The molecule has 0 aliphatic heterocycles. The Labute approximate surface area is 124 Å². The molecule has 0 saturated carbocycles. The van der Waals surface area contributed by atoms with Crippen LogP contribution in [0, 0.1) is 0 Å². The summed E-state index contributed by atoms with van der Waals surface area (Å²) in [6.45, 7) is 0. The van der Waals surface area contributed by atoms with Gasteiger partial charge in [0.1, 0.15) is 11.2 Å². The van der Waals surface area contributed by atoms with Crippen LogP contribution in [0.5, 0.6) is 0 Å². The number of rotatable bonds is 2. The number of hydrogen-bond acceptors (Lipinski definition) is 1. The van der Waals surface area contributed by atoms with Crippen LogP contribution in [0.15, 0.2) is 77.1 Å². The lowest BCUT2D eigenvalue weighted by molar-refractivity contribution is 0.669. The monoisotopic (exact) mass is 263 g/mol. The molecule has 0 saturated heterocycles. The normalized spacial score (nSPS) is 14.7. The molecule has 1 heterocycles. The summed E-state index contributed by atoms with van der Waals surface area (Å²) in [7, 11) is 0. The summed E-state index contributed by atoms with van der Waals surface area (Å²) in [4.78, 5) is 0. The predicted molar refractivity (Wildman–Crippen MR) is 83.0 cm³/mol.